The van der Waals surface area contributed by atoms with Gasteiger partial charge in [-0.3, -0.25) is 81.5 Å². The van der Waals surface area contributed by atoms with Gasteiger partial charge in [-0.25, -0.2) is 0 Å². The molecule has 738 valence electrons. The van der Waals surface area contributed by atoms with E-state index in [1.54, 1.807) is 20.8 Å². The lowest BCUT2D eigenvalue weighted by Crippen LogP contribution is -2.61. The fourth-order valence-electron chi connectivity index (χ4n) is 14.3. The highest BCUT2D eigenvalue weighted by Gasteiger charge is 2.50. The Balaban J connectivity index is 1.61. The number of carbonyl (C=O) groups is 17. The molecule has 0 bridgehead atoms. The van der Waals surface area contributed by atoms with Gasteiger partial charge < -0.3 is 122 Å². The normalized spacial score (nSPS) is 22.1. The number of rotatable bonds is 71. The summed E-state index contributed by atoms with van der Waals surface area (Å²) in [5.41, 5.74) is 6.94. The average molecular weight is 1860 g/mol. The maximum absolute atomic E-state index is 13.9. The van der Waals surface area contributed by atoms with Crippen molar-refractivity contribution in [2.45, 2.75) is 252 Å². The van der Waals surface area contributed by atoms with Crippen LogP contribution in [0.25, 0.3) is 10.4 Å². The zero-order chi connectivity index (χ0) is 96.4. The quantitative estimate of drug-likeness (QED) is 0.00943. The summed E-state index contributed by atoms with van der Waals surface area (Å²) in [7, 11) is 0. The van der Waals surface area contributed by atoms with Crippen molar-refractivity contribution in [1.29, 1.82) is 0 Å². The molecule has 0 aliphatic carbocycles. The molecule has 0 aromatic heterocycles. The van der Waals surface area contributed by atoms with E-state index >= 15 is 0 Å². The third-order valence-corrected chi connectivity index (χ3v) is 20.4. The Morgan fingerprint density at radius 1 is 0.331 bits per heavy atom. The van der Waals surface area contributed by atoms with Crippen molar-refractivity contribution in [3.8, 4) is 0 Å². The first-order chi connectivity index (χ1) is 61.9. The number of Topliss-reactive ketones (excluding diaryl/α,β-unsaturated/α-hetero) is 5. The van der Waals surface area contributed by atoms with Crippen LogP contribution in [0.1, 0.15) is 173 Å². The monoisotopic (exact) mass is 1860 g/mol. The van der Waals surface area contributed by atoms with Gasteiger partial charge in [-0.2, -0.15) is 0 Å². The van der Waals surface area contributed by atoms with Gasteiger partial charge in [0.15, 0.2) is 0 Å². The number of carbonyl (C=O) groups excluding carboxylic acids is 17. The van der Waals surface area contributed by atoms with Crippen LogP contribution in [0.4, 0.5) is 0 Å². The molecule has 3 aliphatic rings. The summed E-state index contributed by atoms with van der Waals surface area (Å²) in [6, 6.07) is -2.17. The van der Waals surface area contributed by atoms with Crippen molar-refractivity contribution in [3.05, 3.63) is 10.4 Å². The molecule has 3 fully saturated rings. The molecule has 0 spiro atoms. The Bertz CT molecular complexity index is 3290. The Kier molecular flexibility index (Phi) is 58.5. The van der Waals surface area contributed by atoms with Crippen LogP contribution in [0.5, 0.6) is 0 Å². The molecule has 6 amide bonds. The molecule has 0 saturated carbocycles. The van der Waals surface area contributed by atoms with Crippen LogP contribution < -0.4 is 31.9 Å². The minimum absolute atomic E-state index is 0.00498. The van der Waals surface area contributed by atoms with Crippen molar-refractivity contribution < 1.29 is 172 Å². The Labute approximate surface area is 757 Å². The van der Waals surface area contributed by atoms with E-state index in [0.717, 1.165) is 0 Å². The number of esters is 6. The number of hydrogen-bond donors (Lipinski definition) is 6. The van der Waals surface area contributed by atoms with Gasteiger partial charge in [-0.1, -0.05) is 25.9 Å². The molecule has 3 rings (SSSR count). The lowest BCUT2D eigenvalue weighted by molar-refractivity contribution is -0.201. The van der Waals surface area contributed by atoms with Gasteiger partial charge >= 0.3 is 35.8 Å². The van der Waals surface area contributed by atoms with Crippen LogP contribution in [-0.4, -0.2) is 350 Å². The number of hydrogen-bond acceptors (Lipinski definition) is 37. The Morgan fingerprint density at radius 2 is 0.631 bits per heavy atom. The number of ether oxygens (including phenoxy) is 19. The molecule has 15 atom stereocenters. The lowest BCUT2D eigenvalue weighted by atomic mass is 9.83. The first-order valence-electron chi connectivity index (χ1n) is 43.8. The highest BCUT2D eigenvalue weighted by Crippen LogP contribution is 2.34. The lowest BCUT2D eigenvalue weighted by Gasteiger charge is -2.45. The summed E-state index contributed by atoms with van der Waals surface area (Å²) in [5, 5.41) is 19.9. The summed E-state index contributed by atoms with van der Waals surface area (Å²) in [4.78, 5) is 216. The van der Waals surface area contributed by atoms with Crippen molar-refractivity contribution in [3.63, 3.8) is 0 Å². The van der Waals surface area contributed by atoms with Crippen molar-refractivity contribution in [2.75, 3.05) is 172 Å². The number of nitrogens with zero attached hydrogens (tertiary/aromatic N) is 3. The molecular weight excluding hydrogens is 1720 g/mol. The minimum Gasteiger partial charge on any atom is -0.463 e. The molecule has 0 radical (unpaired) electrons. The molecule has 3 heterocycles. The van der Waals surface area contributed by atoms with E-state index in [1.807, 2.05) is 0 Å². The van der Waals surface area contributed by atoms with Gasteiger partial charge in [0.05, 0.1) is 155 Å². The maximum Gasteiger partial charge on any atom is 0.303 e. The van der Waals surface area contributed by atoms with E-state index in [2.05, 4.69) is 41.9 Å². The van der Waals surface area contributed by atoms with Crippen LogP contribution >= 0.6 is 0 Å². The molecule has 3 saturated heterocycles. The zero-order valence-corrected chi connectivity index (χ0v) is 77.0. The molecular formula is C85H137N9O36. The van der Waals surface area contributed by atoms with Gasteiger partial charge in [0, 0.05) is 188 Å². The first-order valence-corrected chi connectivity index (χ1v) is 43.8. The fourth-order valence-corrected chi connectivity index (χ4v) is 14.3. The molecule has 0 aromatic carbocycles. The van der Waals surface area contributed by atoms with E-state index in [9.17, 15) is 81.5 Å². The topological polar surface area (TPSA) is 587 Å². The van der Waals surface area contributed by atoms with Crippen LogP contribution in [0.2, 0.25) is 0 Å². The predicted molar refractivity (Wildman–Crippen MR) is 452 cm³/mol. The van der Waals surface area contributed by atoms with E-state index in [1.165, 1.54) is 62.3 Å². The van der Waals surface area contributed by atoms with E-state index in [4.69, 9.17) is 95.5 Å². The largest absolute Gasteiger partial charge is 0.463 e. The predicted octanol–water partition coefficient (Wildman–Crippen LogP) is 1.07. The first kappa shape index (κ1) is 115. The minimum atomic E-state index is -1.62. The highest BCUT2D eigenvalue weighted by atomic mass is 16.6. The molecule has 6 N–H and O–H groups in total. The summed E-state index contributed by atoms with van der Waals surface area (Å²) >= 11 is 0. The second-order valence-corrected chi connectivity index (χ2v) is 31.6. The Hall–Kier alpha value is -9.22. The van der Waals surface area contributed by atoms with Crippen molar-refractivity contribution in [2.24, 2.45) is 22.9 Å². The van der Waals surface area contributed by atoms with Crippen LogP contribution in [-0.2, 0) is 172 Å². The van der Waals surface area contributed by atoms with E-state index in [-0.39, 0.29) is 271 Å². The standard InChI is InChI=1S/C85H137N9O36/c1-53-79(90-56(4)95)70(128-73(47-122-59(7)98)82(53)125-62(10)101)43-67(106)19-28-114-39-37-112-26-13-15-65(104)17-31-119-50-85(93-78(111)46-77(110)88-24-34-117-36-25-89-94-86,51-120-32-18-66(105)16-14-27-113-38-40-115-29-20-68(107)44-71-80(91-57(5)96)54(2)83(126-63(11)102)74(129-71)48-123-60(8)99)52-121-33-22-76(109)87-23-35-118-42-41-116-30-21-69(108)45-72-81(92-58(6)97)55(3)84(127-64(12)103)75(130-72)49-124-61(9)100/h53-55,70-75,79-84H,13-52H2,1-12H3,(H,87,109)(H,88,110)(H,90,95)(H,91,96)(H,92,97)(H,93,111). The second kappa shape index (κ2) is 66.2. The van der Waals surface area contributed by atoms with Gasteiger partial charge in [0.25, 0.3) is 0 Å². The number of nitrogens with one attached hydrogen (secondary N) is 6. The Morgan fingerprint density at radius 3 is 0.954 bits per heavy atom. The summed E-state index contributed by atoms with van der Waals surface area (Å²) in [6.07, 6.45) is -8.67. The van der Waals surface area contributed by atoms with Gasteiger partial charge in [-0.15, -0.1) is 0 Å². The molecule has 45 nitrogen and oxygen atoms in total. The molecule has 45 heteroatoms. The van der Waals surface area contributed by atoms with Crippen molar-refractivity contribution >= 4 is 100 Å². The van der Waals surface area contributed by atoms with Gasteiger partial charge in [0.2, 0.25) is 35.4 Å². The maximum atomic E-state index is 13.9. The van der Waals surface area contributed by atoms with Gasteiger partial charge in [-0.05, 0) is 18.4 Å². The average Bonchev–Trinajstić information content (AvgIpc) is 0.802. The highest BCUT2D eigenvalue weighted by molar-refractivity contribution is 5.97. The summed E-state index contributed by atoms with van der Waals surface area (Å²) in [5.74, 6) is -9.51. The molecule has 15 unspecified atom stereocenters. The third-order valence-electron chi connectivity index (χ3n) is 20.4. The summed E-state index contributed by atoms with van der Waals surface area (Å²) in [6.45, 7) is 15.3. The fraction of sp³-hybridized carbons (Fsp3) is 0.800. The van der Waals surface area contributed by atoms with Crippen LogP contribution in [0.15, 0.2) is 5.11 Å². The van der Waals surface area contributed by atoms with Crippen LogP contribution in [0, 0.1) is 17.8 Å². The van der Waals surface area contributed by atoms with Crippen molar-refractivity contribution in [1.82, 2.24) is 31.9 Å². The van der Waals surface area contributed by atoms with E-state index in [0.29, 0.717) is 12.8 Å². The molecule has 3 aliphatic heterocycles. The second-order valence-electron chi connectivity index (χ2n) is 31.6. The molecule has 130 heavy (non-hydrogen) atoms. The number of amides is 6. The number of ketones is 5. The van der Waals surface area contributed by atoms with E-state index < -0.39 is 174 Å². The van der Waals surface area contributed by atoms with Crippen LogP contribution in [0.3, 0.4) is 0 Å². The zero-order valence-electron chi connectivity index (χ0n) is 77.0. The number of azide groups is 1. The third kappa shape index (κ3) is 51.0. The molecule has 0 aromatic rings. The SMILES string of the molecule is CC(=O)NC1C(CC(=O)CCOCCOCCCC(=O)CCOCC(COCCC(=O)CCCOCCOCCC(=O)CC2OC(COC(C)=O)C(OC(C)=O)C(C)C2NC(C)=O)(COCCC(=O)NCCOCCOCCC(=O)CC2OC(COC(C)=O)C(OC(C)=O)C(C)C2NC(C)=O)NC(=O)CC(=O)NCCOCCN=[N+]=[N-])OC(COC(C)=O)C(OC(C)=O)C1C. The smallest absolute Gasteiger partial charge is 0.303 e. The summed E-state index contributed by atoms with van der Waals surface area (Å²) < 4.78 is 108. The van der Waals surface area contributed by atoms with Gasteiger partial charge in [0.1, 0.15) is 97.3 Å².